The minimum atomic E-state index is 0.643. The van der Waals surface area contributed by atoms with Crippen LogP contribution in [-0.4, -0.2) is 15.0 Å². The van der Waals surface area contributed by atoms with Gasteiger partial charge in [-0.1, -0.05) is 0 Å². The van der Waals surface area contributed by atoms with Crippen molar-refractivity contribution in [2.24, 2.45) is 0 Å². The molecule has 0 amide bonds. The van der Waals surface area contributed by atoms with Gasteiger partial charge in [0.1, 0.15) is 11.6 Å². The Bertz CT molecular complexity index is 542. The Balaban J connectivity index is 1.92. The number of pyridine rings is 1. The van der Waals surface area contributed by atoms with Crippen molar-refractivity contribution in [2.75, 3.05) is 5.73 Å². The van der Waals surface area contributed by atoms with Gasteiger partial charge in [-0.3, -0.25) is 4.98 Å². The van der Waals surface area contributed by atoms with Gasteiger partial charge in [0.05, 0.1) is 5.69 Å². The molecular weight excluding hydrogens is 232 g/mol. The van der Waals surface area contributed by atoms with Gasteiger partial charge in [-0.2, -0.15) is 11.8 Å². The molecule has 0 saturated heterocycles. The zero-order chi connectivity index (χ0) is 11.7. The predicted molar refractivity (Wildman–Crippen MR) is 68.5 cm³/mol. The predicted octanol–water partition coefficient (Wildman–Crippen LogP) is 1.79. The number of hydrogen-bond acceptors (Lipinski definition) is 5. The van der Waals surface area contributed by atoms with Crippen LogP contribution in [0.4, 0.5) is 5.82 Å². The van der Waals surface area contributed by atoms with E-state index in [0.29, 0.717) is 12.2 Å². The Morgan fingerprint density at radius 3 is 2.82 bits per heavy atom. The van der Waals surface area contributed by atoms with E-state index in [1.165, 1.54) is 0 Å². The number of hydrogen-bond donors (Lipinski definition) is 1. The van der Waals surface area contributed by atoms with Gasteiger partial charge in [0, 0.05) is 35.9 Å². The lowest BCUT2D eigenvalue weighted by Crippen LogP contribution is -2.06. The molecule has 0 aliphatic carbocycles. The van der Waals surface area contributed by atoms with Crippen LogP contribution in [0.2, 0.25) is 0 Å². The van der Waals surface area contributed by atoms with Crippen molar-refractivity contribution in [3.8, 4) is 0 Å². The standard InChI is InChI=1S/C12H12N4S/c13-12-9-6-17-7-10(9)15-11(16-12)5-8-1-3-14-4-2-8/h1-4H,5-7H2,(H2,13,15,16). The van der Waals surface area contributed by atoms with Crippen LogP contribution in [0.5, 0.6) is 0 Å². The van der Waals surface area contributed by atoms with E-state index in [0.717, 1.165) is 34.2 Å². The Kier molecular flexibility index (Phi) is 2.68. The summed E-state index contributed by atoms with van der Waals surface area (Å²) in [4.78, 5) is 12.9. The molecule has 0 saturated carbocycles. The highest BCUT2D eigenvalue weighted by molar-refractivity contribution is 7.98. The molecule has 1 aliphatic rings. The van der Waals surface area contributed by atoms with E-state index >= 15 is 0 Å². The van der Waals surface area contributed by atoms with Crippen LogP contribution < -0.4 is 5.73 Å². The van der Waals surface area contributed by atoms with Crippen molar-refractivity contribution in [1.82, 2.24) is 15.0 Å². The van der Waals surface area contributed by atoms with Gasteiger partial charge in [0.15, 0.2) is 0 Å². The largest absolute Gasteiger partial charge is 0.383 e. The summed E-state index contributed by atoms with van der Waals surface area (Å²) in [5.41, 5.74) is 9.33. The molecule has 17 heavy (non-hydrogen) atoms. The number of thioether (sulfide) groups is 1. The van der Waals surface area contributed by atoms with E-state index in [1.54, 1.807) is 12.4 Å². The second-order valence-corrected chi connectivity index (χ2v) is 4.96. The molecular formula is C12H12N4S. The fraction of sp³-hybridized carbons (Fsp3) is 0.250. The summed E-state index contributed by atoms with van der Waals surface area (Å²) in [6, 6.07) is 3.95. The topological polar surface area (TPSA) is 64.7 Å². The molecule has 3 rings (SSSR count). The maximum absolute atomic E-state index is 5.95. The van der Waals surface area contributed by atoms with E-state index in [2.05, 4.69) is 15.0 Å². The normalized spacial score (nSPS) is 13.6. The van der Waals surface area contributed by atoms with Crippen LogP contribution in [-0.2, 0) is 17.9 Å². The molecule has 2 aromatic rings. The fourth-order valence-corrected chi connectivity index (χ4v) is 2.94. The molecule has 0 radical (unpaired) electrons. The van der Waals surface area contributed by atoms with Crippen molar-refractivity contribution < 1.29 is 0 Å². The van der Waals surface area contributed by atoms with Gasteiger partial charge in [-0.25, -0.2) is 9.97 Å². The van der Waals surface area contributed by atoms with Crippen LogP contribution in [0.15, 0.2) is 24.5 Å². The molecule has 0 atom stereocenters. The minimum absolute atomic E-state index is 0.643. The maximum Gasteiger partial charge on any atom is 0.135 e. The molecule has 5 heteroatoms. The number of rotatable bonds is 2. The third-order valence-electron chi connectivity index (χ3n) is 2.77. The highest BCUT2D eigenvalue weighted by Gasteiger charge is 2.17. The van der Waals surface area contributed by atoms with E-state index < -0.39 is 0 Å². The number of fused-ring (bicyclic) bond motifs is 1. The molecule has 0 spiro atoms. The van der Waals surface area contributed by atoms with Crippen LogP contribution in [0.25, 0.3) is 0 Å². The molecule has 1 aliphatic heterocycles. The average molecular weight is 244 g/mol. The summed E-state index contributed by atoms with van der Waals surface area (Å²) in [6.07, 6.45) is 4.27. The summed E-state index contributed by atoms with van der Waals surface area (Å²) < 4.78 is 0. The lowest BCUT2D eigenvalue weighted by Gasteiger charge is -2.05. The van der Waals surface area contributed by atoms with E-state index in [-0.39, 0.29) is 0 Å². The molecule has 0 unspecified atom stereocenters. The summed E-state index contributed by atoms with van der Waals surface area (Å²) in [5, 5.41) is 0. The van der Waals surface area contributed by atoms with Gasteiger partial charge >= 0.3 is 0 Å². The molecule has 0 bridgehead atoms. The van der Waals surface area contributed by atoms with Crippen molar-refractivity contribution in [3.05, 3.63) is 47.2 Å². The van der Waals surface area contributed by atoms with Crippen molar-refractivity contribution in [1.29, 1.82) is 0 Å². The first-order chi connectivity index (χ1) is 8.33. The second-order valence-electron chi connectivity index (χ2n) is 3.98. The Morgan fingerprint density at radius 2 is 2.00 bits per heavy atom. The van der Waals surface area contributed by atoms with Gasteiger partial charge < -0.3 is 5.73 Å². The van der Waals surface area contributed by atoms with Crippen molar-refractivity contribution in [2.45, 2.75) is 17.9 Å². The number of nitrogens with zero attached hydrogens (tertiary/aromatic N) is 3. The Labute approximate surface area is 104 Å². The van der Waals surface area contributed by atoms with Gasteiger partial charge in [0.2, 0.25) is 0 Å². The first kappa shape index (κ1) is 10.5. The summed E-state index contributed by atoms with van der Waals surface area (Å²) in [6.45, 7) is 0. The van der Waals surface area contributed by atoms with Crippen LogP contribution >= 0.6 is 11.8 Å². The smallest absolute Gasteiger partial charge is 0.135 e. The van der Waals surface area contributed by atoms with E-state index in [4.69, 9.17) is 5.73 Å². The molecule has 0 fully saturated rings. The third kappa shape index (κ3) is 2.10. The van der Waals surface area contributed by atoms with Gasteiger partial charge in [-0.15, -0.1) is 0 Å². The molecule has 0 aromatic carbocycles. The molecule has 4 nitrogen and oxygen atoms in total. The summed E-state index contributed by atoms with van der Waals surface area (Å²) in [7, 11) is 0. The Morgan fingerprint density at radius 1 is 1.18 bits per heavy atom. The van der Waals surface area contributed by atoms with Crippen LogP contribution in [0.3, 0.4) is 0 Å². The third-order valence-corrected chi connectivity index (χ3v) is 3.74. The monoisotopic (exact) mass is 244 g/mol. The zero-order valence-corrected chi connectivity index (χ0v) is 10.1. The highest BCUT2D eigenvalue weighted by atomic mass is 32.2. The van der Waals surface area contributed by atoms with E-state index in [1.807, 2.05) is 23.9 Å². The summed E-state index contributed by atoms with van der Waals surface area (Å²) in [5.74, 6) is 3.33. The van der Waals surface area contributed by atoms with Gasteiger partial charge in [-0.05, 0) is 17.7 Å². The molecule has 86 valence electrons. The second kappa shape index (κ2) is 4.33. The zero-order valence-electron chi connectivity index (χ0n) is 9.26. The number of anilines is 1. The van der Waals surface area contributed by atoms with Gasteiger partial charge in [0.25, 0.3) is 0 Å². The maximum atomic E-state index is 5.95. The summed E-state index contributed by atoms with van der Waals surface area (Å²) >= 11 is 1.84. The number of aromatic nitrogens is 3. The van der Waals surface area contributed by atoms with Crippen LogP contribution in [0.1, 0.15) is 22.6 Å². The highest BCUT2D eigenvalue weighted by Crippen LogP contribution is 2.31. The SMILES string of the molecule is Nc1nc(Cc2ccncc2)nc2c1CSC2. The quantitative estimate of drug-likeness (QED) is 0.872. The molecule has 3 heterocycles. The molecule has 2 aromatic heterocycles. The van der Waals surface area contributed by atoms with Crippen LogP contribution in [0, 0.1) is 0 Å². The average Bonchev–Trinajstić information content (AvgIpc) is 2.79. The fourth-order valence-electron chi connectivity index (χ4n) is 1.89. The first-order valence-electron chi connectivity index (χ1n) is 5.44. The minimum Gasteiger partial charge on any atom is -0.383 e. The number of nitrogen functional groups attached to an aromatic ring is 1. The van der Waals surface area contributed by atoms with Crippen molar-refractivity contribution >= 4 is 17.6 Å². The van der Waals surface area contributed by atoms with Crippen molar-refractivity contribution in [3.63, 3.8) is 0 Å². The lowest BCUT2D eigenvalue weighted by atomic mass is 10.2. The van der Waals surface area contributed by atoms with E-state index in [9.17, 15) is 0 Å². The first-order valence-corrected chi connectivity index (χ1v) is 6.59. The number of nitrogens with two attached hydrogens (primary N) is 1. The Hall–Kier alpha value is -1.62. The molecule has 2 N–H and O–H groups in total. The lowest BCUT2D eigenvalue weighted by molar-refractivity contribution is 0.932.